The van der Waals surface area contributed by atoms with Gasteiger partial charge in [0.05, 0.1) is 6.20 Å². The Hall–Kier alpha value is -0.990. The van der Waals surface area contributed by atoms with Gasteiger partial charge in [-0.2, -0.15) is 0 Å². The smallest absolute Gasteiger partial charge is 0.132 e. The quantitative estimate of drug-likeness (QED) is 0.422. The Balaban J connectivity index is 2.58. The van der Waals surface area contributed by atoms with Crippen molar-refractivity contribution in [1.82, 2.24) is 5.32 Å². The van der Waals surface area contributed by atoms with E-state index in [4.69, 9.17) is 5.73 Å². The molecule has 0 amide bonds. The van der Waals surface area contributed by atoms with E-state index in [2.05, 4.69) is 16.5 Å². The number of aliphatic imine (C=N–C) groups is 1. The van der Waals surface area contributed by atoms with E-state index in [1.807, 2.05) is 0 Å². The van der Waals surface area contributed by atoms with Crippen LogP contribution in [-0.2, 0) is 0 Å². The second-order valence-corrected chi connectivity index (χ2v) is 1.16. The highest BCUT2D eigenvalue weighted by molar-refractivity contribution is 5.91. The zero-order chi connectivity index (χ0) is 5.11. The number of amidine groups is 1. The van der Waals surface area contributed by atoms with Crippen LogP contribution in [0.2, 0.25) is 0 Å². The van der Waals surface area contributed by atoms with Gasteiger partial charge in [0.15, 0.2) is 0 Å². The van der Waals surface area contributed by atoms with E-state index in [-0.39, 0.29) is 0 Å². The summed E-state index contributed by atoms with van der Waals surface area (Å²) in [6, 6.07) is 0. The van der Waals surface area contributed by atoms with Crippen molar-refractivity contribution in [2.45, 2.75) is 0 Å². The molecule has 0 bridgehead atoms. The molecule has 0 aliphatic carbocycles. The van der Waals surface area contributed by atoms with E-state index in [0.29, 0.717) is 12.5 Å². The summed E-state index contributed by atoms with van der Waals surface area (Å²) in [4.78, 5) is 3.74. The minimum absolute atomic E-state index is 0.433. The number of hydrogen-bond donors (Lipinski definition) is 1. The van der Waals surface area contributed by atoms with Gasteiger partial charge in [-0.15, -0.1) is 0 Å². The van der Waals surface area contributed by atoms with Crippen molar-refractivity contribution in [3.05, 3.63) is 12.3 Å². The summed E-state index contributed by atoms with van der Waals surface area (Å²) in [6.45, 7) is 0.433. The van der Waals surface area contributed by atoms with Crippen LogP contribution >= 0.6 is 0 Å². The van der Waals surface area contributed by atoms with E-state index in [0.717, 1.165) is 0 Å². The fourth-order valence-corrected chi connectivity index (χ4v) is 0.315. The largest absolute Gasteiger partial charge is 0.384 e. The first kappa shape index (κ1) is 4.18. The third-order valence-corrected chi connectivity index (χ3v) is 0.628. The molecule has 7 heavy (non-hydrogen) atoms. The summed E-state index contributed by atoms with van der Waals surface area (Å²) in [5.41, 5.74) is 5.21. The first-order valence-corrected chi connectivity index (χ1v) is 1.95. The lowest BCUT2D eigenvalue weighted by atomic mass is 10.5. The van der Waals surface area contributed by atoms with Crippen LogP contribution in [0.1, 0.15) is 0 Å². The van der Waals surface area contributed by atoms with E-state index >= 15 is 0 Å². The highest BCUT2D eigenvalue weighted by atomic mass is 15.0. The van der Waals surface area contributed by atoms with Gasteiger partial charge in [0.1, 0.15) is 12.5 Å². The minimum atomic E-state index is 0.433. The Morgan fingerprint density at radius 1 is 1.86 bits per heavy atom. The van der Waals surface area contributed by atoms with Crippen molar-refractivity contribution in [3.63, 3.8) is 0 Å². The summed E-state index contributed by atoms with van der Waals surface area (Å²) in [5, 5.41) is 3.65. The molecule has 0 spiro atoms. The highest BCUT2D eigenvalue weighted by Crippen LogP contribution is 1.79. The summed E-state index contributed by atoms with van der Waals surface area (Å²) in [6.07, 6.45) is 4.12. The second-order valence-electron chi connectivity index (χ2n) is 1.16. The van der Waals surface area contributed by atoms with Gasteiger partial charge >= 0.3 is 0 Å². The van der Waals surface area contributed by atoms with Crippen LogP contribution in [0, 0.1) is 6.20 Å². The van der Waals surface area contributed by atoms with Crippen molar-refractivity contribution >= 4 is 5.84 Å². The molecular formula is C4H5N3. The third-order valence-electron chi connectivity index (χ3n) is 0.628. The van der Waals surface area contributed by atoms with Gasteiger partial charge in [-0.05, 0) is 0 Å². The Kier molecular flexibility index (Phi) is 0.978. The summed E-state index contributed by atoms with van der Waals surface area (Å²) < 4.78 is 0. The molecule has 3 heteroatoms. The fraction of sp³-hybridized carbons (Fsp3) is 0.250. The zero-order valence-electron chi connectivity index (χ0n) is 3.76. The molecule has 0 unspecified atom stereocenters. The van der Waals surface area contributed by atoms with Gasteiger partial charge < -0.3 is 5.73 Å². The molecule has 0 fully saturated rings. The summed E-state index contributed by atoms with van der Waals surface area (Å²) in [7, 11) is 0. The van der Waals surface area contributed by atoms with Crippen LogP contribution in [0.5, 0.6) is 0 Å². The fourth-order valence-electron chi connectivity index (χ4n) is 0.315. The Morgan fingerprint density at radius 2 is 2.71 bits per heavy atom. The molecule has 1 heterocycles. The minimum Gasteiger partial charge on any atom is -0.384 e. The molecule has 0 atom stereocenters. The van der Waals surface area contributed by atoms with Crippen molar-refractivity contribution in [3.8, 4) is 0 Å². The molecule has 36 valence electrons. The molecule has 1 rings (SSSR count). The number of rotatable bonds is 0. The number of nitrogens with zero attached hydrogens (tertiary/aromatic N) is 2. The molecule has 0 saturated heterocycles. The molecule has 1 aliphatic heterocycles. The first-order chi connectivity index (χ1) is 3.39. The molecule has 0 aromatic heterocycles. The molecule has 0 aromatic rings. The third kappa shape index (κ3) is 0.924. The maximum absolute atomic E-state index is 5.21. The first-order valence-electron chi connectivity index (χ1n) is 1.95. The molecular weight excluding hydrogens is 90.1 g/mol. The van der Waals surface area contributed by atoms with Crippen LogP contribution in [0.4, 0.5) is 0 Å². The van der Waals surface area contributed by atoms with Gasteiger partial charge in [0, 0.05) is 6.08 Å². The monoisotopic (exact) mass is 95.0 g/mol. The highest BCUT2D eigenvalue weighted by Gasteiger charge is 1.88. The van der Waals surface area contributed by atoms with E-state index in [1.165, 1.54) is 0 Å². The molecule has 0 saturated carbocycles. The average Bonchev–Trinajstić information content (AvgIpc) is 1.69. The van der Waals surface area contributed by atoms with Gasteiger partial charge in [-0.25, -0.2) is 4.99 Å². The Bertz CT molecular complexity index is 114. The van der Waals surface area contributed by atoms with Gasteiger partial charge in [-0.3, -0.25) is 5.32 Å². The normalized spacial score (nSPS) is 18.0. The van der Waals surface area contributed by atoms with Crippen molar-refractivity contribution in [2.24, 2.45) is 10.7 Å². The van der Waals surface area contributed by atoms with Crippen LogP contribution in [0.15, 0.2) is 11.1 Å². The van der Waals surface area contributed by atoms with Crippen LogP contribution < -0.4 is 11.1 Å². The SMILES string of the molecule is NC1=NC[N][C]=C1. The van der Waals surface area contributed by atoms with Crippen molar-refractivity contribution in [1.29, 1.82) is 0 Å². The Labute approximate surface area is 41.9 Å². The van der Waals surface area contributed by atoms with Gasteiger partial charge in [0.25, 0.3) is 0 Å². The predicted molar refractivity (Wildman–Crippen MR) is 26.4 cm³/mol. The average molecular weight is 95.1 g/mol. The second kappa shape index (κ2) is 1.64. The van der Waals surface area contributed by atoms with E-state index in [1.54, 1.807) is 6.08 Å². The summed E-state index contributed by atoms with van der Waals surface area (Å²) in [5.74, 6) is 0.509. The topological polar surface area (TPSA) is 52.5 Å². The van der Waals surface area contributed by atoms with Crippen molar-refractivity contribution < 1.29 is 0 Å². The molecule has 1 aliphatic rings. The summed E-state index contributed by atoms with van der Waals surface area (Å²) >= 11 is 0. The van der Waals surface area contributed by atoms with Crippen LogP contribution in [-0.4, -0.2) is 12.5 Å². The molecule has 3 nitrogen and oxygen atoms in total. The maximum atomic E-state index is 5.21. The van der Waals surface area contributed by atoms with E-state index in [9.17, 15) is 0 Å². The van der Waals surface area contributed by atoms with Gasteiger partial charge in [0.2, 0.25) is 0 Å². The number of nitrogens with two attached hydrogens (primary N) is 1. The maximum Gasteiger partial charge on any atom is 0.132 e. The lowest BCUT2D eigenvalue weighted by Crippen LogP contribution is -2.15. The molecule has 2 N–H and O–H groups in total. The van der Waals surface area contributed by atoms with Gasteiger partial charge in [-0.1, -0.05) is 0 Å². The van der Waals surface area contributed by atoms with Crippen LogP contribution in [0.3, 0.4) is 0 Å². The Morgan fingerprint density at radius 3 is 3.00 bits per heavy atom. The predicted octanol–water partition coefficient (Wildman–Crippen LogP) is -0.764. The molecule has 0 aromatic carbocycles. The zero-order valence-corrected chi connectivity index (χ0v) is 3.76. The van der Waals surface area contributed by atoms with Crippen molar-refractivity contribution in [2.75, 3.05) is 6.67 Å². The van der Waals surface area contributed by atoms with E-state index < -0.39 is 0 Å². The lowest BCUT2D eigenvalue weighted by Gasteiger charge is -1.96. The number of hydrogen-bond acceptors (Lipinski definition) is 2. The molecule has 2 radical (unpaired) electrons. The standard InChI is InChI=1S/C4H5N3/c5-4-1-2-6-3-7-4/h1H,3H2,(H2,5,7). The van der Waals surface area contributed by atoms with Crippen LogP contribution in [0.25, 0.3) is 0 Å². The lowest BCUT2D eigenvalue weighted by molar-refractivity contribution is 0.832.